The fraction of sp³-hybridized carbons (Fsp3) is 0.565. The second-order valence-electron chi connectivity index (χ2n) is 9.35. The lowest BCUT2D eigenvalue weighted by molar-refractivity contribution is 0.0779. The van der Waals surface area contributed by atoms with Gasteiger partial charge in [0.15, 0.2) is 5.78 Å². The van der Waals surface area contributed by atoms with Gasteiger partial charge >= 0.3 is 0 Å². The maximum absolute atomic E-state index is 13.3. The normalized spacial score (nSPS) is 24.8. The molecule has 31 heavy (non-hydrogen) atoms. The van der Waals surface area contributed by atoms with Crippen molar-refractivity contribution in [1.29, 1.82) is 0 Å². The van der Waals surface area contributed by atoms with Crippen LogP contribution in [0, 0.1) is 17.8 Å². The Morgan fingerprint density at radius 2 is 1.94 bits per heavy atom. The number of rotatable bonds is 6. The van der Waals surface area contributed by atoms with Crippen LogP contribution in [0.15, 0.2) is 29.2 Å². The van der Waals surface area contributed by atoms with Gasteiger partial charge in [-0.2, -0.15) is 10.2 Å². The summed E-state index contributed by atoms with van der Waals surface area (Å²) in [6, 6.07) is 1.90. The molecule has 0 aromatic carbocycles. The van der Waals surface area contributed by atoms with Gasteiger partial charge in [-0.3, -0.25) is 4.79 Å². The Labute approximate surface area is 191 Å². The Hall–Kier alpha value is -1.90. The second kappa shape index (κ2) is 8.92. The molecule has 0 aliphatic heterocycles. The van der Waals surface area contributed by atoms with E-state index in [-0.39, 0.29) is 5.78 Å². The first-order valence-corrected chi connectivity index (χ1v) is 12.7. The van der Waals surface area contributed by atoms with Crippen LogP contribution in [-0.4, -0.2) is 30.9 Å². The lowest BCUT2D eigenvalue weighted by Crippen LogP contribution is -2.22. The molecular weight excluding hydrogens is 428 g/mol. The molecule has 6 nitrogen and oxygen atoms in total. The molecule has 8 heteroatoms. The van der Waals surface area contributed by atoms with Crippen LogP contribution in [0.3, 0.4) is 0 Å². The molecule has 0 bridgehead atoms. The van der Waals surface area contributed by atoms with E-state index in [4.69, 9.17) is 4.98 Å². The van der Waals surface area contributed by atoms with Gasteiger partial charge in [0.25, 0.3) is 0 Å². The van der Waals surface area contributed by atoms with Crippen molar-refractivity contribution < 1.29 is 9.90 Å². The van der Waals surface area contributed by atoms with Crippen LogP contribution in [-0.2, 0) is 5.60 Å². The molecule has 1 saturated carbocycles. The summed E-state index contributed by atoms with van der Waals surface area (Å²) in [7, 11) is 0. The van der Waals surface area contributed by atoms with Gasteiger partial charge in [-0.05, 0) is 62.3 Å². The predicted octanol–water partition coefficient (Wildman–Crippen LogP) is 5.44. The zero-order valence-electron chi connectivity index (χ0n) is 18.5. The highest BCUT2D eigenvalue weighted by molar-refractivity contribution is 7.13. The van der Waals surface area contributed by atoms with E-state index in [1.54, 1.807) is 37.6 Å². The summed E-state index contributed by atoms with van der Waals surface area (Å²) in [5.74, 6) is 1.79. The molecule has 1 N–H and O–H groups in total. The summed E-state index contributed by atoms with van der Waals surface area (Å²) in [6.07, 6.45) is 6.99. The molecule has 1 aliphatic rings. The minimum atomic E-state index is -0.900. The summed E-state index contributed by atoms with van der Waals surface area (Å²) in [6.45, 7) is 8.13. The third-order valence-corrected chi connectivity index (χ3v) is 8.57. The van der Waals surface area contributed by atoms with Gasteiger partial charge in [-0.25, -0.2) is 4.98 Å². The van der Waals surface area contributed by atoms with E-state index in [1.807, 2.05) is 11.4 Å². The number of hydrogen-bond donors (Lipinski definition) is 1. The minimum Gasteiger partial charge on any atom is -0.383 e. The number of ketones is 1. The Kier molecular flexibility index (Phi) is 6.42. The number of carbonyl (C=O) groups is 1. The van der Waals surface area contributed by atoms with Gasteiger partial charge < -0.3 is 5.11 Å². The Balaban J connectivity index is 1.48. The number of Topliss-reactive ketones (excluding diaryl/α,β-unsaturated/α-hetero) is 1. The Morgan fingerprint density at radius 3 is 2.61 bits per heavy atom. The molecule has 4 unspecified atom stereocenters. The fourth-order valence-corrected chi connectivity index (χ4v) is 6.47. The molecule has 1 fully saturated rings. The fourth-order valence-electron chi connectivity index (χ4n) is 4.72. The number of hydrogen-bond acceptors (Lipinski definition) is 7. The highest BCUT2D eigenvalue weighted by atomic mass is 32.1. The first-order valence-electron chi connectivity index (χ1n) is 10.9. The van der Waals surface area contributed by atoms with Gasteiger partial charge in [0.2, 0.25) is 0 Å². The van der Waals surface area contributed by atoms with E-state index in [0.29, 0.717) is 30.1 Å². The second-order valence-corrected chi connectivity index (χ2v) is 11.1. The number of nitrogens with zero attached hydrogens (tertiary/aromatic N) is 4. The zero-order chi connectivity index (χ0) is 22.2. The minimum absolute atomic E-state index is 0.175. The van der Waals surface area contributed by atoms with E-state index in [0.717, 1.165) is 40.5 Å². The topological polar surface area (TPSA) is 80.9 Å². The third kappa shape index (κ3) is 4.81. The highest BCUT2D eigenvalue weighted by Gasteiger charge is 2.34. The van der Waals surface area contributed by atoms with Crippen molar-refractivity contribution in [2.24, 2.45) is 17.8 Å². The van der Waals surface area contributed by atoms with Crippen LogP contribution in [0.4, 0.5) is 0 Å². The van der Waals surface area contributed by atoms with Crippen LogP contribution in [0.25, 0.3) is 5.00 Å². The monoisotopic (exact) mass is 458 g/mol. The van der Waals surface area contributed by atoms with E-state index in [9.17, 15) is 9.90 Å². The Morgan fingerprint density at radius 1 is 1.19 bits per heavy atom. The van der Waals surface area contributed by atoms with Gasteiger partial charge in [0, 0.05) is 17.7 Å². The molecule has 0 spiro atoms. The molecule has 0 radical (unpaired) electrons. The molecular formula is C23H30N4O2S2. The first-order chi connectivity index (χ1) is 14.7. The van der Waals surface area contributed by atoms with Crippen LogP contribution in [0.1, 0.15) is 80.4 Å². The van der Waals surface area contributed by atoms with Gasteiger partial charge in [-0.1, -0.05) is 13.8 Å². The average Bonchev–Trinajstić information content (AvgIpc) is 3.46. The van der Waals surface area contributed by atoms with Gasteiger partial charge in [0.1, 0.15) is 15.6 Å². The quantitative estimate of drug-likeness (QED) is 0.393. The summed E-state index contributed by atoms with van der Waals surface area (Å²) >= 11 is 3.04. The average molecular weight is 459 g/mol. The summed E-state index contributed by atoms with van der Waals surface area (Å²) in [5, 5.41) is 24.3. The van der Waals surface area contributed by atoms with Crippen molar-refractivity contribution in [3.8, 4) is 5.00 Å². The van der Waals surface area contributed by atoms with E-state index < -0.39 is 5.60 Å². The standard InChI is InChI=1S/C23H30N4O2S2/c1-14-5-6-16(19-13-31-22(26-19)23(3,4)29)11-15(2)18(14)12-20(28)17-7-10-30-21(17)27-24-8-9-25-27/h7-10,13-16,18,29H,5-6,11-12H2,1-4H3. The Bertz CT molecular complexity index is 1020. The van der Waals surface area contributed by atoms with E-state index >= 15 is 0 Å². The first kappa shape index (κ1) is 22.3. The maximum Gasteiger partial charge on any atom is 0.166 e. The summed E-state index contributed by atoms with van der Waals surface area (Å²) in [4.78, 5) is 19.6. The van der Waals surface area contributed by atoms with Crippen molar-refractivity contribution >= 4 is 28.5 Å². The zero-order valence-corrected chi connectivity index (χ0v) is 20.1. The molecule has 3 aromatic rings. The molecule has 0 amide bonds. The lowest BCUT2D eigenvalue weighted by Gasteiger charge is -2.27. The third-order valence-electron chi connectivity index (χ3n) is 6.52. The van der Waals surface area contributed by atoms with Crippen molar-refractivity contribution in [3.63, 3.8) is 0 Å². The number of aliphatic hydroxyl groups is 1. The molecule has 3 aromatic heterocycles. The lowest BCUT2D eigenvalue weighted by atomic mass is 9.78. The van der Waals surface area contributed by atoms with Crippen molar-refractivity contribution in [1.82, 2.24) is 20.0 Å². The molecule has 3 heterocycles. The van der Waals surface area contributed by atoms with Crippen LogP contribution >= 0.6 is 22.7 Å². The molecule has 1 aliphatic carbocycles. The molecule has 166 valence electrons. The smallest absolute Gasteiger partial charge is 0.166 e. The van der Waals surface area contributed by atoms with Crippen LogP contribution < -0.4 is 0 Å². The number of carbonyl (C=O) groups excluding carboxylic acids is 1. The summed E-state index contributed by atoms with van der Waals surface area (Å²) in [5.41, 5.74) is 0.914. The molecule has 4 rings (SSSR count). The van der Waals surface area contributed by atoms with Gasteiger partial charge in [0.05, 0.1) is 23.7 Å². The largest absolute Gasteiger partial charge is 0.383 e. The number of thiazole rings is 1. The van der Waals surface area contributed by atoms with Crippen molar-refractivity contribution in [2.45, 2.75) is 64.9 Å². The molecule has 4 atom stereocenters. The number of aromatic nitrogens is 4. The number of thiophene rings is 1. The van der Waals surface area contributed by atoms with Crippen LogP contribution in [0.5, 0.6) is 0 Å². The molecule has 0 saturated heterocycles. The van der Waals surface area contributed by atoms with E-state index in [2.05, 4.69) is 29.4 Å². The van der Waals surface area contributed by atoms with Crippen LogP contribution in [0.2, 0.25) is 0 Å². The maximum atomic E-state index is 13.3. The SMILES string of the molecule is CC1CCC(c2csc(C(C)(C)O)n2)CC(C)C1CC(=O)c1ccsc1-n1nccn1. The van der Waals surface area contributed by atoms with Crippen molar-refractivity contribution in [2.75, 3.05) is 0 Å². The predicted molar refractivity (Wildman–Crippen MR) is 124 cm³/mol. The summed E-state index contributed by atoms with van der Waals surface area (Å²) < 4.78 is 0. The highest BCUT2D eigenvalue weighted by Crippen LogP contribution is 2.43. The van der Waals surface area contributed by atoms with E-state index in [1.165, 1.54) is 16.1 Å². The van der Waals surface area contributed by atoms with Crippen molar-refractivity contribution in [3.05, 3.63) is 45.5 Å². The van der Waals surface area contributed by atoms with Gasteiger partial charge in [-0.15, -0.1) is 27.5 Å².